The summed E-state index contributed by atoms with van der Waals surface area (Å²) in [6.07, 6.45) is -0.938. The summed E-state index contributed by atoms with van der Waals surface area (Å²) in [5, 5.41) is 9.75. The number of aromatic hydroxyl groups is 1. The van der Waals surface area contributed by atoms with Crippen molar-refractivity contribution in [3.8, 4) is 23.0 Å². The van der Waals surface area contributed by atoms with Gasteiger partial charge in [0.2, 0.25) is 0 Å². The van der Waals surface area contributed by atoms with E-state index in [1.807, 2.05) is 0 Å². The van der Waals surface area contributed by atoms with Crippen molar-refractivity contribution >= 4 is 23.7 Å². The summed E-state index contributed by atoms with van der Waals surface area (Å²) in [6, 6.07) is 4.72. The smallest absolute Gasteiger partial charge is 0.163 e. The van der Waals surface area contributed by atoms with Gasteiger partial charge < -0.3 is 19.3 Å². The molecule has 28 heavy (non-hydrogen) atoms. The molecule has 2 rings (SSSR count). The van der Waals surface area contributed by atoms with Crippen molar-refractivity contribution in [2.45, 2.75) is 6.42 Å². The molecule has 6 nitrogen and oxygen atoms in total. The predicted octanol–water partition coefficient (Wildman–Crippen LogP) is 3.67. The van der Waals surface area contributed by atoms with E-state index in [1.165, 1.54) is 38.5 Å². The Labute approximate surface area is 173 Å². The van der Waals surface area contributed by atoms with E-state index in [2.05, 4.69) is 4.74 Å². The zero-order chi connectivity index (χ0) is 26.5. The van der Waals surface area contributed by atoms with Crippen LogP contribution in [0.3, 0.4) is 0 Å². The van der Waals surface area contributed by atoms with Crippen molar-refractivity contribution in [1.82, 2.24) is 0 Å². The summed E-state index contributed by atoms with van der Waals surface area (Å²) in [4.78, 5) is 24.9. The van der Waals surface area contributed by atoms with Crippen LogP contribution in [0.25, 0.3) is 12.1 Å². The normalized spacial score (nSPS) is 16.4. The molecule has 0 saturated heterocycles. The Balaban J connectivity index is 2.28. The highest BCUT2D eigenvalue weighted by atomic mass is 16.5. The minimum absolute atomic E-state index is 0.110. The topological polar surface area (TPSA) is 82.1 Å². The van der Waals surface area contributed by atoms with Crippen LogP contribution in [-0.4, -0.2) is 37.9 Å². The number of carbonyl (C=O) groups excluding carboxylic acids is 2. The molecule has 0 amide bonds. The maximum atomic E-state index is 12.4. The van der Waals surface area contributed by atoms with Crippen LogP contribution in [0, 0.1) is 0 Å². The molecule has 0 aliphatic heterocycles. The number of ketones is 2. The summed E-state index contributed by atoms with van der Waals surface area (Å²) >= 11 is 0. The Morgan fingerprint density at radius 3 is 2.07 bits per heavy atom. The van der Waals surface area contributed by atoms with E-state index in [4.69, 9.17) is 19.1 Å². The van der Waals surface area contributed by atoms with Gasteiger partial charge in [-0.25, -0.2) is 0 Å². The van der Waals surface area contributed by atoms with Gasteiger partial charge in [0, 0.05) is 0 Å². The van der Waals surface area contributed by atoms with Gasteiger partial charge in [-0.2, -0.15) is 0 Å². The molecule has 0 aliphatic rings. The number of allylic oxidation sites excluding steroid dienone is 2. The van der Waals surface area contributed by atoms with E-state index in [-0.39, 0.29) is 16.9 Å². The van der Waals surface area contributed by atoms with Crippen LogP contribution < -0.4 is 14.2 Å². The highest BCUT2D eigenvalue weighted by molar-refractivity contribution is 6.10. The lowest BCUT2D eigenvalue weighted by molar-refractivity contribution is -0.121. The largest absolute Gasteiger partial charge is 0.504 e. The number of rotatable bonds is 9. The first-order valence-corrected chi connectivity index (χ1v) is 7.95. The summed E-state index contributed by atoms with van der Waals surface area (Å²) in [5.41, 5.74) is 0.0585. The van der Waals surface area contributed by atoms with Crippen LogP contribution in [-0.2, 0) is 9.59 Å². The number of hydrogen-bond donors (Lipinski definition) is 1. The number of hydrogen-bond acceptors (Lipinski definition) is 6. The minimum atomic E-state index is -2.88. The third-order valence-electron chi connectivity index (χ3n) is 3.47. The second-order valence-electron chi connectivity index (χ2n) is 5.38. The highest BCUT2D eigenvalue weighted by Gasteiger charge is 2.06. The maximum Gasteiger partial charge on any atom is 0.163 e. The van der Waals surface area contributed by atoms with E-state index < -0.39 is 60.7 Å². The molecular formula is C22H22O6. The van der Waals surface area contributed by atoms with Crippen LogP contribution in [0.2, 0.25) is 0 Å². The average Bonchev–Trinajstić information content (AvgIpc) is 2.81. The maximum absolute atomic E-state index is 12.4. The molecule has 146 valence electrons. The lowest BCUT2D eigenvalue weighted by Crippen LogP contribution is -2.01. The molecule has 0 heterocycles. The fourth-order valence-electron chi connectivity index (χ4n) is 2.11. The van der Waals surface area contributed by atoms with E-state index in [9.17, 15) is 14.7 Å². The van der Waals surface area contributed by atoms with Crippen LogP contribution >= 0.6 is 0 Å². The number of methoxy groups -OCH3 is 3. The molecule has 0 aromatic heterocycles. The van der Waals surface area contributed by atoms with Gasteiger partial charge in [0.25, 0.3) is 0 Å². The number of phenolic OH excluding ortho intramolecular Hbond substituents is 1. The molecule has 0 fully saturated rings. The summed E-state index contributed by atoms with van der Waals surface area (Å²) in [6.45, 7) is 0. The summed E-state index contributed by atoms with van der Waals surface area (Å²) in [7, 11) is -0.0774. The van der Waals surface area contributed by atoms with E-state index in [1.54, 1.807) is 0 Å². The second kappa shape index (κ2) is 9.97. The SMILES string of the molecule is [2H]/C(C(=O)CC(=O)/C([2H])=C(\[2H])c1ccc(OC)c(OC)c1)=C(/[2H])c1ccc(O)c(OC([2H])([2H])[2H])c1. The molecule has 0 radical (unpaired) electrons. The Morgan fingerprint density at radius 1 is 0.929 bits per heavy atom. The molecule has 0 bridgehead atoms. The summed E-state index contributed by atoms with van der Waals surface area (Å²) in [5.74, 6) is -2.47. The van der Waals surface area contributed by atoms with Crippen molar-refractivity contribution in [3.63, 3.8) is 0 Å². The summed E-state index contributed by atoms with van der Waals surface area (Å²) < 4.78 is 68.3. The average molecular weight is 389 g/mol. The van der Waals surface area contributed by atoms with Crippen LogP contribution in [0.5, 0.6) is 23.0 Å². The van der Waals surface area contributed by atoms with Gasteiger partial charge in [0.05, 0.1) is 37.3 Å². The zero-order valence-corrected chi connectivity index (χ0v) is 15.2. The highest BCUT2D eigenvalue weighted by Crippen LogP contribution is 2.28. The quantitative estimate of drug-likeness (QED) is 0.520. The number of phenols is 1. The molecule has 0 spiro atoms. The van der Waals surface area contributed by atoms with Gasteiger partial charge in [-0.05, 0) is 47.5 Å². The minimum Gasteiger partial charge on any atom is -0.504 e. The number of ether oxygens (including phenoxy) is 3. The number of benzene rings is 2. The Kier molecular flexibility index (Phi) is 4.55. The first kappa shape index (κ1) is 12.8. The van der Waals surface area contributed by atoms with Gasteiger partial charge in [-0.3, -0.25) is 9.59 Å². The molecule has 2 aromatic rings. The van der Waals surface area contributed by atoms with Gasteiger partial charge in [0.1, 0.15) is 0 Å². The van der Waals surface area contributed by atoms with Crippen LogP contribution in [0.1, 0.15) is 27.1 Å². The predicted molar refractivity (Wildman–Crippen MR) is 107 cm³/mol. The third kappa shape index (κ3) is 5.74. The van der Waals surface area contributed by atoms with Crippen molar-refractivity contribution < 1.29 is 38.5 Å². The zero-order valence-electron chi connectivity index (χ0n) is 22.2. The first-order chi connectivity index (χ1) is 16.3. The van der Waals surface area contributed by atoms with Crippen LogP contribution in [0.4, 0.5) is 0 Å². The fourth-order valence-corrected chi connectivity index (χ4v) is 2.11. The molecule has 0 saturated carbocycles. The molecule has 6 heteroatoms. The van der Waals surface area contributed by atoms with E-state index >= 15 is 0 Å². The van der Waals surface area contributed by atoms with Crippen molar-refractivity contribution in [1.29, 1.82) is 0 Å². The van der Waals surface area contributed by atoms with Gasteiger partial charge in [-0.15, -0.1) is 0 Å². The Bertz CT molecular complexity index is 1200. The Morgan fingerprint density at radius 2 is 1.50 bits per heavy atom. The Hall–Kier alpha value is -3.54. The van der Waals surface area contributed by atoms with Crippen molar-refractivity contribution in [3.05, 3.63) is 59.6 Å². The van der Waals surface area contributed by atoms with Gasteiger partial charge in [-0.1, -0.05) is 24.2 Å². The third-order valence-corrected chi connectivity index (χ3v) is 3.47. The lowest BCUT2D eigenvalue weighted by atomic mass is 10.1. The molecule has 1 N–H and O–H groups in total. The monoisotopic (exact) mass is 389 g/mol. The second-order valence-corrected chi connectivity index (χ2v) is 5.38. The van der Waals surface area contributed by atoms with Gasteiger partial charge in [0.15, 0.2) is 34.6 Å². The molecule has 0 aliphatic carbocycles. The lowest BCUT2D eigenvalue weighted by Gasteiger charge is -2.07. The standard InChI is InChI=1S/C22H22O6/c1-26-20-11-7-16(13-22(20)28-3)5-9-18(24)14-17(23)8-4-15-6-10-19(25)21(12-15)27-2/h4-13,25H,14H2,1-3H3/b8-4+,9-5+/i2D3,4D,5D,8D,9D. The molecule has 0 atom stereocenters. The molecular weight excluding hydrogens is 360 g/mol. The first-order valence-electron chi connectivity index (χ1n) is 11.4. The molecule has 0 unspecified atom stereocenters. The van der Waals surface area contributed by atoms with Crippen molar-refractivity contribution in [2.24, 2.45) is 0 Å². The van der Waals surface area contributed by atoms with Crippen LogP contribution in [0.15, 0.2) is 48.5 Å². The fraction of sp³-hybridized carbons (Fsp3) is 0.182. The van der Waals surface area contributed by atoms with Gasteiger partial charge >= 0.3 is 0 Å². The van der Waals surface area contributed by atoms with E-state index in [0.717, 1.165) is 12.1 Å². The van der Waals surface area contributed by atoms with Crippen molar-refractivity contribution in [2.75, 3.05) is 21.3 Å². The molecule has 2 aromatic carbocycles. The van der Waals surface area contributed by atoms with E-state index in [0.29, 0.717) is 5.75 Å². The number of carbonyl (C=O) groups is 2.